The molecule has 0 rings (SSSR count). The highest BCUT2D eigenvalue weighted by atomic mass is 16.4. The van der Waals surface area contributed by atoms with Crippen LogP contribution in [0.3, 0.4) is 0 Å². The van der Waals surface area contributed by atoms with Crippen LogP contribution in [0.1, 0.15) is 46.0 Å². The zero-order valence-electron chi connectivity index (χ0n) is 9.62. The first-order valence-electron chi connectivity index (χ1n) is 5.53. The van der Waals surface area contributed by atoms with Crippen LogP contribution in [0, 0.1) is 0 Å². The lowest BCUT2D eigenvalue weighted by atomic mass is 10.1. The van der Waals surface area contributed by atoms with Crippen LogP contribution in [-0.2, 0) is 4.79 Å². The maximum atomic E-state index is 10.4. The second-order valence-corrected chi connectivity index (χ2v) is 3.83. The first-order chi connectivity index (χ1) is 6.61. The highest BCUT2D eigenvalue weighted by molar-refractivity contribution is 5.66. The second-order valence-electron chi connectivity index (χ2n) is 3.83. The SMILES string of the molecule is CCCCC(CC)N(C)CCC(=O)O. The van der Waals surface area contributed by atoms with E-state index in [1.54, 1.807) is 0 Å². The topological polar surface area (TPSA) is 40.5 Å². The fourth-order valence-corrected chi connectivity index (χ4v) is 1.63. The van der Waals surface area contributed by atoms with E-state index in [1.165, 1.54) is 19.3 Å². The van der Waals surface area contributed by atoms with Crippen molar-refractivity contribution in [3.63, 3.8) is 0 Å². The third kappa shape index (κ3) is 5.97. The lowest BCUT2D eigenvalue weighted by Crippen LogP contribution is -2.32. The summed E-state index contributed by atoms with van der Waals surface area (Å²) >= 11 is 0. The van der Waals surface area contributed by atoms with E-state index in [9.17, 15) is 4.79 Å². The lowest BCUT2D eigenvalue weighted by Gasteiger charge is -2.26. The third-order valence-electron chi connectivity index (χ3n) is 2.66. The van der Waals surface area contributed by atoms with Crippen molar-refractivity contribution in [3.05, 3.63) is 0 Å². The van der Waals surface area contributed by atoms with Crippen molar-refractivity contribution in [1.82, 2.24) is 4.90 Å². The van der Waals surface area contributed by atoms with E-state index >= 15 is 0 Å². The molecule has 84 valence electrons. The molecule has 1 atom stereocenters. The molecule has 0 saturated heterocycles. The van der Waals surface area contributed by atoms with Gasteiger partial charge in [-0.15, -0.1) is 0 Å². The summed E-state index contributed by atoms with van der Waals surface area (Å²) < 4.78 is 0. The zero-order chi connectivity index (χ0) is 11.0. The van der Waals surface area contributed by atoms with Crippen molar-refractivity contribution < 1.29 is 9.90 Å². The van der Waals surface area contributed by atoms with E-state index in [-0.39, 0.29) is 6.42 Å². The van der Waals surface area contributed by atoms with Crippen LogP contribution in [0.2, 0.25) is 0 Å². The molecule has 0 spiro atoms. The van der Waals surface area contributed by atoms with E-state index in [4.69, 9.17) is 5.11 Å². The first-order valence-corrected chi connectivity index (χ1v) is 5.53. The first kappa shape index (κ1) is 13.4. The van der Waals surface area contributed by atoms with Gasteiger partial charge in [0.05, 0.1) is 6.42 Å². The molecule has 0 radical (unpaired) electrons. The van der Waals surface area contributed by atoms with Crippen molar-refractivity contribution in [2.24, 2.45) is 0 Å². The van der Waals surface area contributed by atoms with Gasteiger partial charge in [-0.3, -0.25) is 4.79 Å². The molecule has 0 aromatic rings. The van der Waals surface area contributed by atoms with Crippen LogP contribution in [0.5, 0.6) is 0 Å². The number of hydrogen-bond donors (Lipinski definition) is 1. The fourth-order valence-electron chi connectivity index (χ4n) is 1.63. The molecule has 3 heteroatoms. The summed E-state index contributed by atoms with van der Waals surface area (Å²) in [6.45, 7) is 5.01. The molecule has 0 fully saturated rings. The molecule has 0 saturated carbocycles. The van der Waals surface area contributed by atoms with Gasteiger partial charge in [0.2, 0.25) is 0 Å². The predicted molar refractivity (Wildman–Crippen MR) is 58.5 cm³/mol. The maximum Gasteiger partial charge on any atom is 0.304 e. The smallest absolute Gasteiger partial charge is 0.304 e. The fraction of sp³-hybridized carbons (Fsp3) is 0.909. The number of aliphatic carboxylic acids is 1. The molecular formula is C11H23NO2. The molecule has 0 aliphatic rings. The Labute approximate surface area is 87.1 Å². The zero-order valence-corrected chi connectivity index (χ0v) is 9.62. The van der Waals surface area contributed by atoms with Crippen molar-refractivity contribution in [3.8, 4) is 0 Å². The van der Waals surface area contributed by atoms with Crippen LogP contribution in [0.4, 0.5) is 0 Å². The van der Waals surface area contributed by atoms with Crippen LogP contribution in [0.25, 0.3) is 0 Å². The summed E-state index contributed by atoms with van der Waals surface area (Å²) in [6.07, 6.45) is 4.98. The van der Waals surface area contributed by atoms with Crippen LogP contribution in [0.15, 0.2) is 0 Å². The summed E-state index contributed by atoms with van der Waals surface area (Å²) in [7, 11) is 2.02. The van der Waals surface area contributed by atoms with E-state index in [0.29, 0.717) is 12.6 Å². The van der Waals surface area contributed by atoms with Gasteiger partial charge < -0.3 is 10.0 Å². The van der Waals surface area contributed by atoms with Gasteiger partial charge in [-0.05, 0) is 19.9 Å². The largest absolute Gasteiger partial charge is 0.481 e. The van der Waals surface area contributed by atoms with Gasteiger partial charge in [0, 0.05) is 12.6 Å². The monoisotopic (exact) mass is 201 g/mol. The van der Waals surface area contributed by atoms with Gasteiger partial charge in [-0.2, -0.15) is 0 Å². The number of rotatable bonds is 8. The Kier molecular flexibility index (Phi) is 7.48. The van der Waals surface area contributed by atoms with Crippen molar-refractivity contribution in [2.45, 2.75) is 52.0 Å². The standard InChI is InChI=1S/C11H23NO2/c1-4-6-7-10(5-2)12(3)9-8-11(13)14/h10H,4-9H2,1-3H3,(H,13,14). The number of unbranched alkanes of at least 4 members (excludes halogenated alkanes) is 1. The average Bonchev–Trinajstić information content (AvgIpc) is 2.16. The molecule has 0 aliphatic heterocycles. The number of hydrogen-bond acceptors (Lipinski definition) is 2. The van der Waals surface area contributed by atoms with Gasteiger partial charge >= 0.3 is 5.97 Å². The summed E-state index contributed by atoms with van der Waals surface area (Å²) in [5.41, 5.74) is 0. The summed E-state index contributed by atoms with van der Waals surface area (Å²) in [4.78, 5) is 12.6. The van der Waals surface area contributed by atoms with Crippen molar-refractivity contribution >= 4 is 5.97 Å². The summed E-state index contributed by atoms with van der Waals surface area (Å²) in [6, 6.07) is 0.550. The van der Waals surface area contributed by atoms with Gasteiger partial charge in [-0.25, -0.2) is 0 Å². The van der Waals surface area contributed by atoms with Crippen LogP contribution >= 0.6 is 0 Å². The Morgan fingerprint density at radius 3 is 2.50 bits per heavy atom. The van der Waals surface area contributed by atoms with E-state index in [1.807, 2.05) is 7.05 Å². The minimum Gasteiger partial charge on any atom is -0.481 e. The van der Waals surface area contributed by atoms with E-state index in [2.05, 4.69) is 18.7 Å². The minimum absolute atomic E-state index is 0.249. The molecule has 1 unspecified atom stereocenters. The highest BCUT2D eigenvalue weighted by Crippen LogP contribution is 2.10. The number of carboxylic acid groups (broad SMARTS) is 1. The molecule has 14 heavy (non-hydrogen) atoms. The normalized spacial score (nSPS) is 13.1. The molecule has 0 aliphatic carbocycles. The lowest BCUT2D eigenvalue weighted by molar-refractivity contribution is -0.137. The Bertz CT molecular complexity index is 159. The Hall–Kier alpha value is -0.570. The Morgan fingerprint density at radius 1 is 1.43 bits per heavy atom. The second kappa shape index (κ2) is 7.80. The van der Waals surface area contributed by atoms with Gasteiger partial charge in [0.25, 0.3) is 0 Å². The summed E-state index contributed by atoms with van der Waals surface area (Å²) in [5, 5.41) is 8.57. The molecule has 0 amide bonds. The van der Waals surface area contributed by atoms with Gasteiger partial charge in [-0.1, -0.05) is 26.7 Å². The van der Waals surface area contributed by atoms with Gasteiger partial charge in [0.15, 0.2) is 0 Å². The Balaban J connectivity index is 3.78. The summed E-state index contributed by atoms with van der Waals surface area (Å²) in [5.74, 6) is -0.706. The van der Waals surface area contributed by atoms with Gasteiger partial charge in [0.1, 0.15) is 0 Å². The molecular weight excluding hydrogens is 178 g/mol. The van der Waals surface area contributed by atoms with E-state index in [0.717, 1.165) is 6.42 Å². The molecule has 1 N–H and O–H groups in total. The Morgan fingerprint density at radius 2 is 2.07 bits per heavy atom. The van der Waals surface area contributed by atoms with Crippen LogP contribution < -0.4 is 0 Å². The molecule has 0 aromatic carbocycles. The van der Waals surface area contributed by atoms with Crippen molar-refractivity contribution in [1.29, 1.82) is 0 Å². The molecule has 0 aromatic heterocycles. The third-order valence-corrected chi connectivity index (χ3v) is 2.66. The maximum absolute atomic E-state index is 10.4. The highest BCUT2D eigenvalue weighted by Gasteiger charge is 2.12. The van der Waals surface area contributed by atoms with Crippen LogP contribution in [-0.4, -0.2) is 35.6 Å². The molecule has 0 heterocycles. The number of carboxylic acids is 1. The molecule has 3 nitrogen and oxygen atoms in total. The quantitative estimate of drug-likeness (QED) is 0.655. The average molecular weight is 201 g/mol. The van der Waals surface area contributed by atoms with Crippen molar-refractivity contribution in [2.75, 3.05) is 13.6 Å². The van der Waals surface area contributed by atoms with E-state index < -0.39 is 5.97 Å². The number of nitrogens with zero attached hydrogens (tertiary/aromatic N) is 1. The molecule has 0 bridgehead atoms. The minimum atomic E-state index is -0.706. The predicted octanol–water partition coefficient (Wildman–Crippen LogP) is 2.36. The number of carbonyl (C=O) groups is 1.